The molecule has 0 spiro atoms. The van der Waals surface area contributed by atoms with Crippen molar-refractivity contribution in [2.45, 2.75) is 23.0 Å². The van der Waals surface area contributed by atoms with Crippen molar-refractivity contribution in [2.24, 2.45) is 5.92 Å². The third-order valence-corrected chi connectivity index (χ3v) is 3.72. The summed E-state index contributed by atoms with van der Waals surface area (Å²) in [6.07, 6.45) is 1.94. The first-order chi connectivity index (χ1) is 7.16. The van der Waals surface area contributed by atoms with Crippen LogP contribution >= 0.6 is 11.8 Å². The molecule has 0 saturated heterocycles. The van der Waals surface area contributed by atoms with Crippen LogP contribution in [-0.2, 0) is 4.79 Å². The van der Waals surface area contributed by atoms with Crippen LogP contribution in [0.1, 0.15) is 12.8 Å². The van der Waals surface area contributed by atoms with Gasteiger partial charge in [-0.15, -0.1) is 11.8 Å². The fourth-order valence-corrected chi connectivity index (χ4v) is 2.63. The van der Waals surface area contributed by atoms with E-state index in [1.807, 2.05) is 0 Å². The van der Waals surface area contributed by atoms with Gasteiger partial charge in [0.1, 0.15) is 11.1 Å². The SMILES string of the molecule is O=C(O)C(Sc1cccc(F)c1)C1CC1. The van der Waals surface area contributed by atoms with Gasteiger partial charge in [0, 0.05) is 4.90 Å². The lowest BCUT2D eigenvalue weighted by Gasteiger charge is -2.10. The predicted octanol–water partition coefficient (Wildman–Crippen LogP) is 2.78. The number of carboxylic acids is 1. The Morgan fingerprint density at radius 3 is 2.80 bits per heavy atom. The molecule has 1 saturated carbocycles. The highest BCUT2D eigenvalue weighted by Crippen LogP contribution is 2.41. The summed E-state index contributed by atoms with van der Waals surface area (Å²) in [7, 11) is 0. The van der Waals surface area contributed by atoms with Gasteiger partial charge in [0.2, 0.25) is 0 Å². The van der Waals surface area contributed by atoms with Gasteiger partial charge >= 0.3 is 5.97 Å². The maximum absolute atomic E-state index is 12.9. The molecule has 15 heavy (non-hydrogen) atoms. The molecule has 1 aromatic rings. The number of thioether (sulfide) groups is 1. The number of carbonyl (C=O) groups is 1. The third kappa shape index (κ3) is 2.72. The Morgan fingerprint density at radius 2 is 2.27 bits per heavy atom. The normalized spacial score (nSPS) is 17.4. The molecule has 1 aliphatic rings. The summed E-state index contributed by atoms with van der Waals surface area (Å²) < 4.78 is 12.9. The van der Waals surface area contributed by atoms with Gasteiger partial charge in [-0.3, -0.25) is 4.79 Å². The van der Waals surface area contributed by atoms with E-state index in [2.05, 4.69) is 0 Å². The fourth-order valence-electron chi connectivity index (χ4n) is 1.43. The first-order valence-corrected chi connectivity index (χ1v) is 5.70. The lowest BCUT2D eigenvalue weighted by molar-refractivity contribution is -0.136. The minimum Gasteiger partial charge on any atom is -0.480 e. The lowest BCUT2D eigenvalue weighted by atomic mass is 10.3. The Hall–Kier alpha value is -1.03. The lowest BCUT2D eigenvalue weighted by Crippen LogP contribution is -2.18. The van der Waals surface area contributed by atoms with Crippen molar-refractivity contribution in [1.29, 1.82) is 0 Å². The highest BCUT2D eigenvalue weighted by Gasteiger charge is 2.36. The van der Waals surface area contributed by atoms with Crippen LogP contribution in [0.5, 0.6) is 0 Å². The molecule has 0 heterocycles. The molecular weight excluding hydrogens is 215 g/mol. The van der Waals surface area contributed by atoms with Crippen molar-refractivity contribution in [3.05, 3.63) is 30.1 Å². The Balaban J connectivity index is 2.08. The van der Waals surface area contributed by atoms with Crippen molar-refractivity contribution in [3.8, 4) is 0 Å². The molecule has 0 bridgehead atoms. The summed E-state index contributed by atoms with van der Waals surface area (Å²) in [5, 5.41) is 8.58. The third-order valence-electron chi connectivity index (χ3n) is 2.35. The second-order valence-corrected chi connectivity index (χ2v) is 4.89. The number of hydrogen-bond acceptors (Lipinski definition) is 2. The van der Waals surface area contributed by atoms with Crippen LogP contribution in [0.4, 0.5) is 4.39 Å². The Labute approximate surface area is 91.5 Å². The van der Waals surface area contributed by atoms with Gasteiger partial charge in [-0.25, -0.2) is 4.39 Å². The Bertz CT molecular complexity index is 377. The monoisotopic (exact) mass is 226 g/mol. The standard InChI is InChI=1S/C11H11FO2S/c12-8-2-1-3-9(6-8)15-10(11(13)14)7-4-5-7/h1-3,6-7,10H,4-5H2,(H,13,14). The molecule has 0 aromatic heterocycles. The van der Waals surface area contributed by atoms with Gasteiger partial charge in [0.15, 0.2) is 0 Å². The van der Waals surface area contributed by atoms with Gasteiger partial charge in [-0.1, -0.05) is 6.07 Å². The smallest absolute Gasteiger partial charge is 0.317 e. The molecule has 1 aromatic carbocycles. The number of halogens is 1. The number of rotatable bonds is 4. The Morgan fingerprint density at radius 1 is 1.53 bits per heavy atom. The van der Waals surface area contributed by atoms with E-state index in [0.717, 1.165) is 12.8 Å². The minimum absolute atomic E-state index is 0.260. The van der Waals surface area contributed by atoms with Gasteiger partial charge < -0.3 is 5.11 Å². The molecular formula is C11H11FO2S. The van der Waals surface area contributed by atoms with E-state index < -0.39 is 11.2 Å². The number of carboxylic acid groups (broad SMARTS) is 1. The van der Waals surface area contributed by atoms with Crippen molar-refractivity contribution in [3.63, 3.8) is 0 Å². The number of benzene rings is 1. The van der Waals surface area contributed by atoms with E-state index in [-0.39, 0.29) is 11.7 Å². The molecule has 4 heteroatoms. The quantitative estimate of drug-likeness (QED) is 0.802. The van der Waals surface area contributed by atoms with E-state index >= 15 is 0 Å². The zero-order valence-corrected chi connectivity index (χ0v) is 8.84. The molecule has 1 aliphatic carbocycles. The van der Waals surface area contributed by atoms with Crippen LogP contribution in [0.15, 0.2) is 29.2 Å². The first kappa shape index (κ1) is 10.5. The number of aliphatic carboxylic acids is 1. The second kappa shape index (κ2) is 4.23. The largest absolute Gasteiger partial charge is 0.480 e. The zero-order valence-electron chi connectivity index (χ0n) is 8.02. The molecule has 2 rings (SSSR count). The average molecular weight is 226 g/mol. The van der Waals surface area contributed by atoms with Crippen LogP contribution in [0.25, 0.3) is 0 Å². The molecule has 0 radical (unpaired) electrons. The molecule has 0 amide bonds. The van der Waals surface area contributed by atoms with Gasteiger partial charge in [-0.2, -0.15) is 0 Å². The van der Waals surface area contributed by atoms with E-state index in [1.54, 1.807) is 12.1 Å². The van der Waals surface area contributed by atoms with Crippen molar-refractivity contribution in [1.82, 2.24) is 0 Å². The average Bonchev–Trinajstić information content (AvgIpc) is 2.97. The van der Waals surface area contributed by atoms with E-state index in [1.165, 1.54) is 23.9 Å². The maximum atomic E-state index is 12.9. The van der Waals surface area contributed by atoms with Crippen molar-refractivity contribution < 1.29 is 14.3 Å². The molecule has 80 valence electrons. The first-order valence-electron chi connectivity index (χ1n) is 4.82. The van der Waals surface area contributed by atoms with E-state index in [9.17, 15) is 9.18 Å². The Kier molecular flexibility index (Phi) is 2.95. The summed E-state index contributed by atoms with van der Waals surface area (Å²) in [6, 6.07) is 6.08. The minimum atomic E-state index is -0.799. The van der Waals surface area contributed by atoms with Crippen molar-refractivity contribution in [2.75, 3.05) is 0 Å². The highest BCUT2D eigenvalue weighted by molar-refractivity contribution is 8.00. The maximum Gasteiger partial charge on any atom is 0.317 e. The van der Waals surface area contributed by atoms with Gasteiger partial charge in [-0.05, 0) is 37.0 Å². The highest BCUT2D eigenvalue weighted by atomic mass is 32.2. The van der Waals surface area contributed by atoms with Crippen LogP contribution in [0, 0.1) is 11.7 Å². The van der Waals surface area contributed by atoms with Crippen LogP contribution in [-0.4, -0.2) is 16.3 Å². The number of hydrogen-bond donors (Lipinski definition) is 1. The van der Waals surface area contributed by atoms with Gasteiger partial charge in [0.05, 0.1) is 0 Å². The summed E-state index contributed by atoms with van der Waals surface area (Å²) >= 11 is 1.24. The molecule has 2 nitrogen and oxygen atoms in total. The zero-order chi connectivity index (χ0) is 10.8. The molecule has 1 fully saturated rings. The molecule has 1 N–H and O–H groups in total. The molecule has 1 unspecified atom stereocenters. The van der Waals surface area contributed by atoms with Gasteiger partial charge in [0.25, 0.3) is 0 Å². The van der Waals surface area contributed by atoms with Crippen LogP contribution < -0.4 is 0 Å². The molecule has 0 aliphatic heterocycles. The summed E-state index contributed by atoms with van der Waals surface area (Å²) in [6.45, 7) is 0. The fraction of sp³-hybridized carbons (Fsp3) is 0.364. The van der Waals surface area contributed by atoms with Crippen molar-refractivity contribution >= 4 is 17.7 Å². The van der Waals surface area contributed by atoms with Crippen LogP contribution in [0.2, 0.25) is 0 Å². The summed E-state index contributed by atoms with van der Waals surface area (Å²) in [5.74, 6) is -0.859. The molecule has 1 atom stereocenters. The topological polar surface area (TPSA) is 37.3 Å². The second-order valence-electron chi connectivity index (χ2n) is 3.67. The van der Waals surface area contributed by atoms with Crippen LogP contribution in [0.3, 0.4) is 0 Å². The van der Waals surface area contributed by atoms with E-state index in [0.29, 0.717) is 4.90 Å². The summed E-state index contributed by atoms with van der Waals surface area (Å²) in [4.78, 5) is 11.6. The summed E-state index contributed by atoms with van der Waals surface area (Å²) in [5.41, 5.74) is 0. The van der Waals surface area contributed by atoms with E-state index in [4.69, 9.17) is 5.11 Å². The predicted molar refractivity (Wildman–Crippen MR) is 56.4 cm³/mol.